The summed E-state index contributed by atoms with van der Waals surface area (Å²) >= 11 is 6.05. The molecule has 0 saturated carbocycles. The zero-order valence-corrected chi connectivity index (χ0v) is 10.1. The Kier molecular flexibility index (Phi) is 5.21. The van der Waals surface area contributed by atoms with Gasteiger partial charge in [-0.2, -0.15) is 0 Å². The molecule has 1 unspecified atom stereocenters. The van der Waals surface area contributed by atoms with Gasteiger partial charge < -0.3 is 10.1 Å². The minimum absolute atomic E-state index is 0.142. The Labute approximate surface area is 92.3 Å². The van der Waals surface area contributed by atoms with E-state index in [1.807, 2.05) is 0 Å². The van der Waals surface area contributed by atoms with Crippen LogP contribution >= 0.6 is 11.6 Å². The first-order chi connectivity index (χ1) is 6.72. The summed E-state index contributed by atoms with van der Waals surface area (Å²) in [6.07, 6.45) is 3.32. The van der Waals surface area contributed by atoms with Crippen LogP contribution in [0.4, 0.5) is 0 Å². The van der Waals surface area contributed by atoms with Crippen LogP contribution in [0.5, 0.6) is 0 Å². The summed E-state index contributed by atoms with van der Waals surface area (Å²) < 4.78 is 5.36. The lowest BCUT2D eigenvalue weighted by Crippen LogP contribution is -2.52. The first-order valence-corrected chi connectivity index (χ1v) is 6.14. The van der Waals surface area contributed by atoms with Crippen molar-refractivity contribution in [3.05, 3.63) is 0 Å². The van der Waals surface area contributed by atoms with Crippen LogP contribution in [-0.2, 0) is 4.74 Å². The van der Waals surface area contributed by atoms with Gasteiger partial charge in [0.15, 0.2) is 0 Å². The van der Waals surface area contributed by atoms with Crippen molar-refractivity contribution >= 4 is 11.6 Å². The van der Waals surface area contributed by atoms with Crippen LogP contribution in [0.25, 0.3) is 0 Å². The van der Waals surface area contributed by atoms with Crippen LogP contribution in [-0.4, -0.2) is 31.2 Å². The van der Waals surface area contributed by atoms with Gasteiger partial charge in [-0.1, -0.05) is 20.3 Å². The van der Waals surface area contributed by atoms with Gasteiger partial charge in [0.2, 0.25) is 0 Å². The van der Waals surface area contributed by atoms with Crippen LogP contribution in [0.15, 0.2) is 0 Å². The molecule has 2 nitrogen and oxygen atoms in total. The van der Waals surface area contributed by atoms with E-state index < -0.39 is 0 Å². The first-order valence-electron chi connectivity index (χ1n) is 5.61. The van der Waals surface area contributed by atoms with Crippen molar-refractivity contribution in [3.8, 4) is 0 Å². The van der Waals surface area contributed by atoms with Gasteiger partial charge in [0.25, 0.3) is 0 Å². The van der Waals surface area contributed by atoms with Gasteiger partial charge in [-0.25, -0.2) is 0 Å². The Bertz CT molecular complexity index is 157. The second-order valence-electron chi connectivity index (χ2n) is 4.42. The fourth-order valence-corrected chi connectivity index (χ4v) is 2.02. The largest absolute Gasteiger partial charge is 0.381 e. The van der Waals surface area contributed by atoms with Crippen molar-refractivity contribution in [2.24, 2.45) is 5.92 Å². The highest BCUT2D eigenvalue weighted by molar-refractivity contribution is 6.18. The summed E-state index contributed by atoms with van der Waals surface area (Å²) in [5, 5.41) is 3.62. The summed E-state index contributed by atoms with van der Waals surface area (Å²) in [5.41, 5.74) is 0.142. The Morgan fingerprint density at radius 2 is 2.07 bits per heavy atom. The number of alkyl halides is 1. The normalized spacial score (nSPS) is 23.4. The molecule has 0 spiro atoms. The van der Waals surface area contributed by atoms with Crippen molar-refractivity contribution in [1.29, 1.82) is 0 Å². The zero-order chi connectivity index (χ0) is 10.4. The van der Waals surface area contributed by atoms with Gasteiger partial charge in [0.1, 0.15) is 0 Å². The van der Waals surface area contributed by atoms with E-state index in [2.05, 4.69) is 19.2 Å². The van der Waals surface area contributed by atoms with Gasteiger partial charge in [-0.05, 0) is 25.3 Å². The molecule has 3 heteroatoms. The SMILES string of the molecule is CCC(C)CNC1(CCl)CCOCC1. The van der Waals surface area contributed by atoms with Crippen molar-refractivity contribution < 1.29 is 4.74 Å². The number of hydrogen-bond acceptors (Lipinski definition) is 2. The van der Waals surface area contributed by atoms with Crippen LogP contribution in [0.2, 0.25) is 0 Å². The third-order valence-corrected chi connectivity index (χ3v) is 3.74. The molecule has 1 saturated heterocycles. The maximum Gasteiger partial charge on any atom is 0.0484 e. The van der Waals surface area contributed by atoms with E-state index in [9.17, 15) is 0 Å². The highest BCUT2D eigenvalue weighted by Gasteiger charge is 2.31. The molecule has 0 radical (unpaired) electrons. The fraction of sp³-hybridized carbons (Fsp3) is 1.00. The van der Waals surface area contributed by atoms with Crippen molar-refractivity contribution in [1.82, 2.24) is 5.32 Å². The Morgan fingerprint density at radius 1 is 1.43 bits per heavy atom. The molecule has 0 aromatic carbocycles. The van der Waals surface area contributed by atoms with E-state index in [1.165, 1.54) is 6.42 Å². The summed E-state index contributed by atoms with van der Waals surface area (Å²) in [6, 6.07) is 0. The standard InChI is InChI=1S/C11H22ClNO/c1-3-10(2)8-13-11(9-12)4-6-14-7-5-11/h10,13H,3-9H2,1-2H3. The first kappa shape index (κ1) is 12.3. The number of ether oxygens (including phenoxy) is 1. The highest BCUT2D eigenvalue weighted by atomic mass is 35.5. The lowest BCUT2D eigenvalue weighted by molar-refractivity contribution is 0.0452. The predicted octanol–water partition coefficient (Wildman–Crippen LogP) is 2.41. The number of hydrogen-bond donors (Lipinski definition) is 1. The van der Waals surface area contributed by atoms with Gasteiger partial charge in [0, 0.05) is 24.6 Å². The molecule has 84 valence electrons. The average Bonchev–Trinajstić information content (AvgIpc) is 2.27. The predicted molar refractivity (Wildman–Crippen MR) is 61.0 cm³/mol. The third kappa shape index (κ3) is 3.41. The summed E-state index contributed by atoms with van der Waals surface area (Å²) in [4.78, 5) is 0. The van der Waals surface area contributed by atoms with E-state index in [0.29, 0.717) is 5.88 Å². The Balaban J connectivity index is 2.36. The van der Waals surface area contributed by atoms with Gasteiger partial charge in [-0.15, -0.1) is 11.6 Å². The molecular formula is C11H22ClNO. The van der Waals surface area contributed by atoms with E-state index >= 15 is 0 Å². The molecule has 0 aromatic rings. The van der Waals surface area contributed by atoms with Gasteiger partial charge >= 0.3 is 0 Å². The third-order valence-electron chi connectivity index (χ3n) is 3.23. The molecule has 1 aliphatic heterocycles. The lowest BCUT2D eigenvalue weighted by atomic mass is 9.91. The Morgan fingerprint density at radius 3 is 2.57 bits per heavy atom. The maximum absolute atomic E-state index is 6.05. The molecule has 1 N–H and O–H groups in total. The summed E-state index contributed by atoms with van der Waals surface area (Å²) in [6.45, 7) is 7.27. The number of nitrogens with one attached hydrogen (secondary N) is 1. The minimum Gasteiger partial charge on any atom is -0.381 e. The summed E-state index contributed by atoms with van der Waals surface area (Å²) in [5.74, 6) is 1.44. The van der Waals surface area contributed by atoms with Crippen LogP contribution in [0, 0.1) is 5.92 Å². The molecule has 1 rings (SSSR count). The lowest BCUT2D eigenvalue weighted by Gasteiger charge is -2.37. The van der Waals surface area contributed by atoms with Gasteiger partial charge in [-0.3, -0.25) is 0 Å². The molecule has 1 atom stereocenters. The van der Waals surface area contributed by atoms with Crippen LogP contribution in [0.3, 0.4) is 0 Å². The van der Waals surface area contributed by atoms with E-state index in [4.69, 9.17) is 16.3 Å². The van der Waals surface area contributed by atoms with Crippen LogP contribution < -0.4 is 5.32 Å². The van der Waals surface area contributed by atoms with E-state index in [0.717, 1.165) is 38.5 Å². The molecular weight excluding hydrogens is 198 g/mol. The monoisotopic (exact) mass is 219 g/mol. The zero-order valence-electron chi connectivity index (χ0n) is 9.31. The quantitative estimate of drug-likeness (QED) is 0.718. The van der Waals surface area contributed by atoms with Crippen molar-refractivity contribution in [2.45, 2.75) is 38.6 Å². The molecule has 1 fully saturated rings. The van der Waals surface area contributed by atoms with E-state index in [1.54, 1.807) is 0 Å². The van der Waals surface area contributed by atoms with Gasteiger partial charge in [0.05, 0.1) is 0 Å². The molecule has 0 bridgehead atoms. The highest BCUT2D eigenvalue weighted by Crippen LogP contribution is 2.22. The second-order valence-corrected chi connectivity index (χ2v) is 4.69. The molecule has 14 heavy (non-hydrogen) atoms. The average molecular weight is 220 g/mol. The smallest absolute Gasteiger partial charge is 0.0484 e. The van der Waals surface area contributed by atoms with Crippen molar-refractivity contribution in [3.63, 3.8) is 0 Å². The Hall–Kier alpha value is 0.210. The number of rotatable bonds is 5. The molecule has 1 heterocycles. The molecule has 1 aliphatic rings. The second kappa shape index (κ2) is 5.94. The van der Waals surface area contributed by atoms with E-state index in [-0.39, 0.29) is 5.54 Å². The minimum atomic E-state index is 0.142. The molecule has 0 aromatic heterocycles. The topological polar surface area (TPSA) is 21.3 Å². The molecule has 0 aliphatic carbocycles. The molecule has 0 amide bonds. The maximum atomic E-state index is 6.05. The van der Waals surface area contributed by atoms with Crippen LogP contribution in [0.1, 0.15) is 33.1 Å². The number of halogens is 1. The van der Waals surface area contributed by atoms with Crippen molar-refractivity contribution in [2.75, 3.05) is 25.6 Å². The fourth-order valence-electron chi connectivity index (χ4n) is 1.65. The summed E-state index contributed by atoms with van der Waals surface area (Å²) in [7, 11) is 0.